The third kappa shape index (κ3) is 3.20. The van der Waals surface area contributed by atoms with Crippen molar-refractivity contribution in [2.75, 3.05) is 37.6 Å². The summed E-state index contributed by atoms with van der Waals surface area (Å²) in [5.74, 6) is 1.01. The average molecular weight is 299 g/mol. The number of nitrogens with two attached hydrogens (primary N) is 1. The van der Waals surface area contributed by atoms with Crippen LogP contribution in [0.15, 0.2) is 24.3 Å². The standard InChI is InChI=1S/C17H25N5/c1-13-14-6-4-5-7-15(14)16(20-19-13)22-10-8-21(9-11-22)12-17(2,3)18/h4-7H,8-12,18H2,1-3H3. The zero-order valence-electron chi connectivity index (χ0n) is 13.7. The molecule has 1 saturated heterocycles. The van der Waals surface area contributed by atoms with E-state index in [2.05, 4.69) is 58.1 Å². The number of rotatable bonds is 3. The molecule has 22 heavy (non-hydrogen) atoms. The smallest absolute Gasteiger partial charge is 0.159 e. The number of nitrogens with zero attached hydrogens (tertiary/aromatic N) is 4. The summed E-state index contributed by atoms with van der Waals surface area (Å²) in [5.41, 5.74) is 6.97. The molecule has 1 aromatic heterocycles. The molecular weight excluding hydrogens is 274 g/mol. The van der Waals surface area contributed by atoms with Crippen molar-refractivity contribution >= 4 is 16.6 Å². The Bertz CT molecular complexity index is 654. The van der Waals surface area contributed by atoms with Crippen LogP contribution in [0.4, 0.5) is 5.82 Å². The molecule has 2 N–H and O–H groups in total. The van der Waals surface area contributed by atoms with E-state index in [1.54, 1.807) is 0 Å². The SMILES string of the molecule is Cc1nnc(N2CCN(CC(C)(C)N)CC2)c2ccccc12. The summed E-state index contributed by atoms with van der Waals surface area (Å²) < 4.78 is 0. The van der Waals surface area contributed by atoms with E-state index in [1.807, 2.05) is 6.92 Å². The summed E-state index contributed by atoms with van der Waals surface area (Å²) in [7, 11) is 0. The highest BCUT2D eigenvalue weighted by molar-refractivity contribution is 5.93. The lowest BCUT2D eigenvalue weighted by molar-refractivity contribution is 0.214. The lowest BCUT2D eigenvalue weighted by atomic mass is 10.1. The van der Waals surface area contributed by atoms with E-state index in [0.29, 0.717) is 0 Å². The van der Waals surface area contributed by atoms with Crippen LogP contribution < -0.4 is 10.6 Å². The minimum absolute atomic E-state index is 0.140. The van der Waals surface area contributed by atoms with E-state index < -0.39 is 0 Å². The van der Waals surface area contributed by atoms with Gasteiger partial charge in [-0.25, -0.2) is 0 Å². The van der Waals surface area contributed by atoms with Crippen LogP contribution in [0, 0.1) is 6.92 Å². The Labute approximate surface area is 132 Å². The van der Waals surface area contributed by atoms with Gasteiger partial charge in [-0.1, -0.05) is 24.3 Å². The van der Waals surface area contributed by atoms with Crippen LogP contribution in [0.2, 0.25) is 0 Å². The van der Waals surface area contributed by atoms with E-state index in [4.69, 9.17) is 5.73 Å². The van der Waals surface area contributed by atoms with E-state index in [-0.39, 0.29) is 5.54 Å². The molecule has 1 aromatic carbocycles. The number of fused-ring (bicyclic) bond motifs is 1. The molecule has 1 aliphatic rings. The molecular formula is C17H25N5. The van der Waals surface area contributed by atoms with Crippen LogP contribution >= 0.6 is 0 Å². The van der Waals surface area contributed by atoms with E-state index in [1.165, 1.54) is 10.8 Å². The van der Waals surface area contributed by atoms with Crippen molar-refractivity contribution in [3.8, 4) is 0 Å². The van der Waals surface area contributed by atoms with Crippen molar-refractivity contribution in [3.63, 3.8) is 0 Å². The zero-order chi connectivity index (χ0) is 15.7. The summed E-state index contributed by atoms with van der Waals surface area (Å²) in [6.45, 7) is 11.1. The second-order valence-electron chi connectivity index (χ2n) is 6.91. The number of hydrogen-bond donors (Lipinski definition) is 1. The lowest BCUT2D eigenvalue weighted by Gasteiger charge is -2.38. The Hall–Kier alpha value is -1.72. The first-order valence-electron chi connectivity index (χ1n) is 7.92. The Morgan fingerprint density at radius 1 is 1.05 bits per heavy atom. The highest BCUT2D eigenvalue weighted by Crippen LogP contribution is 2.26. The van der Waals surface area contributed by atoms with Crippen molar-refractivity contribution in [1.29, 1.82) is 0 Å². The minimum atomic E-state index is -0.140. The largest absolute Gasteiger partial charge is 0.352 e. The molecule has 1 aliphatic heterocycles. The summed E-state index contributed by atoms with van der Waals surface area (Å²) in [6, 6.07) is 8.39. The maximum Gasteiger partial charge on any atom is 0.159 e. The minimum Gasteiger partial charge on any atom is -0.352 e. The number of piperazine rings is 1. The molecule has 3 rings (SSSR count). The third-order valence-corrected chi connectivity index (χ3v) is 4.16. The highest BCUT2D eigenvalue weighted by atomic mass is 15.3. The van der Waals surface area contributed by atoms with Gasteiger partial charge in [-0.3, -0.25) is 4.90 Å². The molecule has 0 unspecified atom stereocenters. The maximum atomic E-state index is 6.13. The van der Waals surface area contributed by atoms with Gasteiger partial charge in [-0.2, -0.15) is 5.10 Å². The molecule has 0 radical (unpaired) electrons. The van der Waals surface area contributed by atoms with Crippen molar-refractivity contribution in [3.05, 3.63) is 30.0 Å². The van der Waals surface area contributed by atoms with Crippen molar-refractivity contribution in [2.24, 2.45) is 5.73 Å². The van der Waals surface area contributed by atoms with Crippen LogP contribution in [0.25, 0.3) is 10.8 Å². The quantitative estimate of drug-likeness (QED) is 0.936. The lowest BCUT2D eigenvalue weighted by Crippen LogP contribution is -2.53. The van der Waals surface area contributed by atoms with Gasteiger partial charge in [0.25, 0.3) is 0 Å². The Morgan fingerprint density at radius 2 is 1.68 bits per heavy atom. The number of aromatic nitrogens is 2. The summed E-state index contributed by atoms with van der Waals surface area (Å²) >= 11 is 0. The fourth-order valence-corrected chi connectivity index (χ4v) is 3.15. The number of hydrogen-bond acceptors (Lipinski definition) is 5. The van der Waals surface area contributed by atoms with Gasteiger partial charge in [0, 0.05) is 49.0 Å². The average Bonchev–Trinajstić information content (AvgIpc) is 2.48. The monoisotopic (exact) mass is 299 g/mol. The molecule has 0 atom stereocenters. The van der Waals surface area contributed by atoms with Gasteiger partial charge in [-0.15, -0.1) is 5.10 Å². The summed E-state index contributed by atoms with van der Waals surface area (Å²) in [5, 5.41) is 11.2. The number of aryl methyl sites for hydroxylation is 1. The molecule has 0 bridgehead atoms. The van der Waals surface area contributed by atoms with Gasteiger partial charge in [0.2, 0.25) is 0 Å². The van der Waals surface area contributed by atoms with Crippen LogP contribution in [-0.2, 0) is 0 Å². The van der Waals surface area contributed by atoms with Crippen molar-refractivity contribution in [2.45, 2.75) is 26.3 Å². The molecule has 0 aliphatic carbocycles. The van der Waals surface area contributed by atoms with Crippen LogP contribution in [-0.4, -0.2) is 53.4 Å². The molecule has 0 amide bonds. The Kier molecular flexibility index (Phi) is 4.02. The first-order valence-corrected chi connectivity index (χ1v) is 7.92. The first kappa shape index (κ1) is 15.2. The van der Waals surface area contributed by atoms with Gasteiger partial charge in [0.15, 0.2) is 5.82 Å². The third-order valence-electron chi connectivity index (χ3n) is 4.16. The van der Waals surface area contributed by atoms with Crippen molar-refractivity contribution in [1.82, 2.24) is 15.1 Å². The van der Waals surface area contributed by atoms with Crippen LogP contribution in [0.3, 0.4) is 0 Å². The Balaban J connectivity index is 1.78. The number of anilines is 1. The fourth-order valence-electron chi connectivity index (χ4n) is 3.15. The summed E-state index contributed by atoms with van der Waals surface area (Å²) in [6.07, 6.45) is 0. The molecule has 5 heteroatoms. The zero-order valence-corrected chi connectivity index (χ0v) is 13.7. The molecule has 1 fully saturated rings. The van der Waals surface area contributed by atoms with Gasteiger partial charge < -0.3 is 10.6 Å². The second kappa shape index (κ2) is 5.82. The maximum absolute atomic E-state index is 6.13. The predicted octanol–water partition coefficient (Wildman–Crippen LogP) is 1.80. The summed E-state index contributed by atoms with van der Waals surface area (Å²) in [4.78, 5) is 4.77. The molecule has 118 valence electrons. The van der Waals surface area contributed by atoms with E-state index in [0.717, 1.165) is 44.2 Å². The normalized spacial score (nSPS) is 17.2. The molecule has 0 spiro atoms. The topological polar surface area (TPSA) is 58.3 Å². The number of benzene rings is 1. The second-order valence-corrected chi connectivity index (χ2v) is 6.91. The molecule has 0 saturated carbocycles. The van der Waals surface area contributed by atoms with Crippen LogP contribution in [0.5, 0.6) is 0 Å². The first-order chi connectivity index (χ1) is 10.4. The highest BCUT2D eigenvalue weighted by Gasteiger charge is 2.23. The molecule has 2 heterocycles. The van der Waals surface area contributed by atoms with Gasteiger partial charge >= 0.3 is 0 Å². The molecule has 2 aromatic rings. The van der Waals surface area contributed by atoms with Gasteiger partial charge in [0.05, 0.1) is 5.69 Å². The van der Waals surface area contributed by atoms with Gasteiger partial charge in [-0.05, 0) is 20.8 Å². The predicted molar refractivity (Wildman–Crippen MR) is 91.2 cm³/mol. The van der Waals surface area contributed by atoms with Crippen molar-refractivity contribution < 1.29 is 0 Å². The van der Waals surface area contributed by atoms with Crippen LogP contribution in [0.1, 0.15) is 19.5 Å². The van der Waals surface area contributed by atoms with E-state index in [9.17, 15) is 0 Å². The fraction of sp³-hybridized carbons (Fsp3) is 0.529. The molecule has 5 nitrogen and oxygen atoms in total. The van der Waals surface area contributed by atoms with E-state index >= 15 is 0 Å². The Morgan fingerprint density at radius 3 is 2.32 bits per heavy atom. The van der Waals surface area contributed by atoms with Gasteiger partial charge in [0.1, 0.15) is 0 Å².